The van der Waals surface area contributed by atoms with Crippen molar-refractivity contribution in [1.82, 2.24) is 0 Å². The van der Waals surface area contributed by atoms with E-state index < -0.39 is 0 Å². The van der Waals surface area contributed by atoms with Gasteiger partial charge in [-0.2, -0.15) is 0 Å². The summed E-state index contributed by atoms with van der Waals surface area (Å²) in [5, 5.41) is 0. The van der Waals surface area contributed by atoms with Crippen LogP contribution in [0.1, 0.15) is 32.4 Å². The van der Waals surface area contributed by atoms with Gasteiger partial charge in [-0.15, -0.1) is 0 Å². The highest BCUT2D eigenvalue weighted by Gasteiger charge is 2.10. The first-order chi connectivity index (χ1) is 8.41. The molecule has 0 radical (unpaired) electrons. The van der Waals surface area contributed by atoms with E-state index in [1.165, 1.54) is 6.07 Å². The van der Waals surface area contributed by atoms with Crippen LogP contribution in [0.2, 0.25) is 0 Å². The number of hydrogen-bond acceptors (Lipinski definition) is 3. The van der Waals surface area contributed by atoms with E-state index >= 15 is 0 Å². The summed E-state index contributed by atoms with van der Waals surface area (Å²) < 4.78 is 19.4. The molecule has 0 aliphatic rings. The summed E-state index contributed by atoms with van der Waals surface area (Å²) in [6.07, 6.45) is 0.198. The van der Waals surface area contributed by atoms with Crippen molar-refractivity contribution in [2.75, 3.05) is 25.1 Å². The molecule has 0 heterocycles. The molecule has 0 aromatic heterocycles. The van der Waals surface area contributed by atoms with Gasteiger partial charge in [0.15, 0.2) is 0 Å². The summed E-state index contributed by atoms with van der Waals surface area (Å²) in [6, 6.07) is 4.98. The largest absolute Gasteiger partial charge is 0.377 e. The summed E-state index contributed by atoms with van der Waals surface area (Å²) in [5.41, 5.74) is 7.11. The third kappa shape index (κ3) is 4.27. The molecule has 0 fully saturated rings. The van der Waals surface area contributed by atoms with Gasteiger partial charge in [0.05, 0.1) is 18.4 Å². The second-order valence-electron chi connectivity index (χ2n) is 4.84. The second-order valence-corrected chi connectivity index (χ2v) is 4.84. The van der Waals surface area contributed by atoms with Crippen LogP contribution < -0.4 is 10.6 Å². The number of nitrogens with zero attached hydrogens (tertiary/aromatic N) is 1. The van der Waals surface area contributed by atoms with Gasteiger partial charge in [-0.3, -0.25) is 0 Å². The Bertz CT molecular complexity index is 380. The van der Waals surface area contributed by atoms with Gasteiger partial charge in [0.25, 0.3) is 0 Å². The third-order valence-corrected chi connectivity index (χ3v) is 2.79. The Hall–Kier alpha value is -1.13. The first kappa shape index (κ1) is 14.9. The SMILES string of the molecule is CC(C)OCCN(C)c1ccc([C@H](C)N)cc1F. The second kappa shape index (κ2) is 6.71. The van der Waals surface area contributed by atoms with Crippen molar-refractivity contribution in [3.05, 3.63) is 29.6 Å². The normalized spacial score (nSPS) is 12.8. The lowest BCUT2D eigenvalue weighted by molar-refractivity contribution is 0.0845. The van der Waals surface area contributed by atoms with Crippen LogP contribution in [-0.2, 0) is 4.74 Å². The first-order valence-electron chi connectivity index (χ1n) is 6.29. The van der Waals surface area contributed by atoms with Crippen molar-refractivity contribution in [1.29, 1.82) is 0 Å². The Labute approximate surface area is 109 Å². The molecule has 1 rings (SSSR count). The summed E-state index contributed by atoms with van der Waals surface area (Å²) in [4.78, 5) is 1.85. The van der Waals surface area contributed by atoms with Crippen LogP contribution in [-0.4, -0.2) is 26.3 Å². The fourth-order valence-corrected chi connectivity index (χ4v) is 1.66. The molecule has 0 spiro atoms. The zero-order valence-electron chi connectivity index (χ0n) is 11.6. The molecule has 3 nitrogen and oxygen atoms in total. The molecule has 1 atom stereocenters. The summed E-state index contributed by atoms with van der Waals surface area (Å²) >= 11 is 0. The van der Waals surface area contributed by atoms with Crippen LogP contribution in [0.3, 0.4) is 0 Å². The highest BCUT2D eigenvalue weighted by molar-refractivity contribution is 5.48. The number of rotatable bonds is 6. The number of likely N-dealkylation sites (N-methyl/N-ethyl adjacent to an activating group) is 1. The zero-order chi connectivity index (χ0) is 13.7. The standard InChI is InChI=1S/C14H23FN2O/c1-10(2)18-8-7-17(4)14-6-5-12(11(3)16)9-13(14)15/h5-6,9-11H,7-8,16H2,1-4H3/t11-/m0/s1. The van der Waals surface area contributed by atoms with Gasteiger partial charge in [-0.25, -0.2) is 4.39 Å². The molecule has 0 saturated carbocycles. The average Bonchev–Trinajstić information content (AvgIpc) is 2.27. The Morgan fingerprint density at radius 3 is 2.50 bits per heavy atom. The van der Waals surface area contributed by atoms with Crippen molar-refractivity contribution in [3.63, 3.8) is 0 Å². The predicted molar refractivity (Wildman–Crippen MR) is 73.4 cm³/mol. The van der Waals surface area contributed by atoms with E-state index in [1.54, 1.807) is 6.07 Å². The molecule has 0 amide bonds. The molecule has 1 aromatic rings. The van der Waals surface area contributed by atoms with Crippen molar-refractivity contribution in [3.8, 4) is 0 Å². The maximum atomic E-state index is 13.9. The van der Waals surface area contributed by atoms with E-state index in [0.29, 0.717) is 18.8 Å². The molecule has 0 saturated heterocycles. The number of benzene rings is 1. The Kier molecular flexibility index (Phi) is 5.56. The quantitative estimate of drug-likeness (QED) is 0.848. The summed E-state index contributed by atoms with van der Waals surface area (Å²) in [6.45, 7) is 7.06. The van der Waals surface area contributed by atoms with Crippen LogP contribution in [0.15, 0.2) is 18.2 Å². The molecule has 102 valence electrons. The predicted octanol–water partition coefficient (Wildman–Crippen LogP) is 2.71. The van der Waals surface area contributed by atoms with Gasteiger partial charge >= 0.3 is 0 Å². The third-order valence-electron chi connectivity index (χ3n) is 2.79. The van der Waals surface area contributed by atoms with Crippen LogP contribution in [0.5, 0.6) is 0 Å². The minimum atomic E-state index is -0.239. The van der Waals surface area contributed by atoms with Crippen LogP contribution in [0.4, 0.5) is 10.1 Å². The lowest BCUT2D eigenvalue weighted by Crippen LogP contribution is -2.24. The smallest absolute Gasteiger partial charge is 0.146 e. The molecule has 18 heavy (non-hydrogen) atoms. The van der Waals surface area contributed by atoms with E-state index in [0.717, 1.165) is 5.56 Å². The fourth-order valence-electron chi connectivity index (χ4n) is 1.66. The van der Waals surface area contributed by atoms with Crippen molar-refractivity contribution >= 4 is 5.69 Å². The number of anilines is 1. The lowest BCUT2D eigenvalue weighted by atomic mass is 10.1. The van der Waals surface area contributed by atoms with Crippen molar-refractivity contribution < 1.29 is 9.13 Å². The van der Waals surface area contributed by atoms with E-state index in [4.69, 9.17) is 10.5 Å². The highest BCUT2D eigenvalue weighted by atomic mass is 19.1. The maximum Gasteiger partial charge on any atom is 0.146 e. The van der Waals surface area contributed by atoms with E-state index in [-0.39, 0.29) is 18.0 Å². The van der Waals surface area contributed by atoms with Gasteiger partial charge in [0, 0.05) is 19.6 Å². The van der Waals surface area contributed by atoms with Gasteiger partial charge in [0.2, 0.25) is 0 Å². The highest BCUT2D eigenvalue weighted by Crippen LogP contribution is 2.21. The van der Waals surface area contributed by atoms with Gasteiger partial charge in [-0.05, 0) is 38.5 Å². The monoisotopic (exact) mass is 254 g/mol. The van der Waals surface area contributed by atoms with E-state index in [9.17, 15) is 4.39 Å². The Morgan fingerprint density at radius 1 is 1.33 bits per heavy atom. The molecule has 1 aromatic carbocycles. The van der Waals surface area contributed by atoms with E-state index in [2.05, 4.69) is 0 Å². The lowest BCUT2D eigenvalue weighted by Gasteiger charge is -2.21. The molecule has 2 N–H and O–H groups in total. The van der Waals surface area contributed by atoms with Crippen molar-refractivity contribution in [2.24, 2.45) is 5.73 Å². The molecule has 0 bridgehead atoms. The van der Waals surface area contributed by atoms with Gasteiger partial charge in [-0.1, -0.05) is 6.07 Å². The number of nitrogens with two attached hydrogens (primary N) is 1. The molecular weight excluding hydrogens is 231 g/mol. The van der Waals surface area contributed by atoms with E-state index in [1.807, 2.05) is 38.8 Å². The van der Waals surface area contributed by atoms with Gasteiger partial charge in [0.1, 0.15) is 5.82 Å². The maximum absolute atomic E-state index is 13.9. The van der Waals surface area contributed by atoms with Crippen LogP contribution in [0.25, 0.3) is 0 Å². The topological polar surface area (TPSA) is 38.5 Å². The minimum Gasteiger partial charge on any atom is -0.377 e. The fraction of sp³-hybridized carbons (Fsp3) is 0.571. The summed E-state index contributed by atoms with van der Waals surface area (Å²) in [7, 11) is 1.85. The Balaban J connectivity index is 2.65. The minimum absolute atomic E-state index is 0.150. The van der Waals surface area contributed by atoms with Crippen molar-refractivity contribution in [2.45, 2.75) is 32.9 Å². The molecule has 4 heteroatoms. The zero-order valence-corrected chi connectivity index (χ0v) is 11.6. The number of ether oxygens (including phenoxy) is 1. The van der Waals surface area contributed by atoms with Gasteiger partial charge < -0.3 is 15.4 Å². The molecular formula is C14H23FN2O. The Morgan fingerprint density at radius 2 is 2.00 bits per heavy atom. The average molecular weight is 254 g/mol. The summed E-state index contributed by atoms with van der Waals surface area (Å²) in [5.74, 6) is -0.239. The number of halogens is 1. The van der Waals surface area contributed by atoms with Crippen LogP contribution >= 0.6 is 0 Å². The molecule has 0 aliphatic heterocycles. The molecule has 0 aliphatic carbocycles. The molecule has 0 unspecified atom stereocenters. The van der Waals surface area contributed by atoms with Crippen LogP contribution in [0, 0.1) is 5.82 Å². The first-order valence-corrected chi connectivity index (χ1v) is 6.29. The number of hydrogen-bond donors (Lipinski definition) is 1.